The van der Waals surface area contributed by atoms with Crippen molar-refractivity contribution in [3.63, 3.8) is 0 Å². The highest BCUT2D eigenvalue weighted by Gasteiger charge is 2.21. The van der Waals surface area contributed by atoms with Crippen LogP contribution in [-0.2, 0) is 0 Å². The number of nitrogens with zero attached hydrogens (tertiary/aromatic N) is 1. The van der Waals surface area contributed by atoms with Gasteiger partial charge in [-0.15, -0.1) is 0 Å². The van der Waals surface area contributed by atoms with Crippen LogP contribution in [0.4, 0.5) is 11.4 Å². The Hall–Kier alpha value is -1.91. The maximum absolute atomic E-state index is 11.3. The van der Waals surface area contributed by atoms with Crippen molar-refractivity contribution in [2.45, 2.75) is 33.1 Å². The van der Waals surface area contributed by atoms with Crippen molar-refractivity contribution in [1.29, 1.82) is 0 Å². The lowest BCUT2D eigenvalue weighted by Gasteiger charge is -2.25. The molecule has 1 aliphatic rings. The summed E-state index contributed by atoms with van der Waals surface area (Å²) >= 11 is 0. The van der Waals surface area contributed by atoms with E-state index >= 15 is 0 Å². The van der Waals surface area contributed by atoms with Crippen molar-refractivity contribution in [1.82, 2.24) is 4.98 Å². The maximum atomic E-state index is 11.3. The molecule has 0 aliphatic carbocycles. The first-order chi connectivity index (χ1) is 10.0. The van der Waals surface area contributed by atoms with Crippen LogP contribution in [0.3, 0.4) is 0 Å². The van der Waals surface area contributed by atoms with Gasteiger partial charge in [-0.1, -0.05) is 13.8 Å². The number of benzene rings is 1. The van der Waals surface area contributed by atoms with E-state index in [9.17, 15) is 4.79 Å². The van der Waals surface area contributed by atoms with Crippen molar-refractivity contribution < 1.29 is 4.42 Å². The van der Waals surface area contributed by atoms with Gasteiger partial charge in [0, 0.05) is 19.2 Å². The predicted octanol–water partition coefficient (Wildman–Crippen LogP) is 2.97. The molecule has 5 heteroatoms. The lowest BCUT2D eigenvalue weighted by Crippen LogP contribution is -2.25. The zero-order chi connectivity index (χ0) is 15.0. The van der Waals surface area contributed by atoms with E-state index < -0.39 is 5.76 Å². The van der Waals surface area contributed by atoms with Gasteiger partial charge in [-0.2, -0.15) is 0 Å². The molecule has 0 bridgehead atoms. The minimum atomic E-state index is -0.433. The van der Waals surface area contributed by atoms with Gasteiger partial charge in [0.05, 0.1) is 16.9 Å². The van der Waals surface area contributed by atoms with E-state index in [2.05, 4.69) is 23.7 Å². The Morgan fingerprint density at radius 3 is 2.90 bits per heavy atom. The zero-order valence-electron chi connectivity index (χ0n) is 12.7. The summed E-state index contributed by atoms with van der Waals surface area (Å²) in [6.07, 6.45) is 3.65. The molecule has 3 rings (SSSR count). The maximum Gasteiger partial charge on any atom is 0.417 e. The zero-order valence-corrected chi connectivity index (χ0v) is 12.7. The van der Waals surface area contributed by atoms with E-state index in [-0.39, 0.29) is 0 Å². The molecule has 3 N–H and O–H groups in total. The molecule has 1 aromatic carbocycles. The number of H-pyrrole nitrogens is 1. The second-order valence-corrected chi connectivity index (χ2v) is 6.34. The van der Waals surface area contributed by atoms with Crippen molar-refractivity contribution in [3.8, 4) is 0 Å². The van der Waals surface area contributed by atoms with Crippen molar-refractivity contribution >= 4 is 22.5 Å². The number of hydrogen-bond donors (Lipinski definition) is 2. The highest BCUT2D eigenvalue weighted by atomic mass is 16.4. The third-order valence-corrected chi connectivity index (χ3v) is 4.62. The molecule has 1 saturated heterocycles. The minimum Gasteiger partial charge on any atom is -0.408 e. The van der Waals surface area contributed by atoms with Gasteiger partial charge in [0.25, 0.3) is 0 Å². The van der Waals surface area contributed by atoms with Gasteiger partial charge in [0.2, 0.25) is 0 Å². The minimum absolute atomic E-state index is 0.433. The predicted molar refractivity (Wildman–Crippen MR) is 85.6 cm³/mol. The SMILES string of the molecule is CC(C)C1CCCN(c2cc3[nH]c(=O)oc3cc2N)CC1. The van der Waals surface area contributed by atoms with Crippen molar-refractivity contribution in [2.24, 2.45) is 11.8 Å². The summed E-state index contributed by atoms with van der Waals surface area (Å²) in [6.45, 7) is 6.63. The molecular formula is C16H23N3O2. The summed E-state index contributed by atoms with van der Waals surface area (Å²) in [4.78, 5) is 16.3. The Morgan fingerprint density at radius 2 is 2.14 bits per heavy atom. The summed E-state index contributed by atoms with van der Waals surface area (Å²) in [5.74, 6) is 1.08. The molecule has 2 heterocycles. The molecular weight excluding hydrogens is 266 g/mol. The van der Waals surface area contributed by atoms with Crippen LogP contribution in [0, 0.1) is 11.8 Å². The first kappa shape index (κ1) is 14.0. The fourth-order valence-electron chi connectivity index (χ4n) is 3.31. The Bertz CT molecular complexity index is 686. The average Bonchev–Trinajstić information content (AvgIpc) is 2.63. The topological polar surface area (TPSA) is 75.3 Å². The first-order valence-electron chi connectivity index (χ1n) is 7.72. The lowest BCUT2D eigenvalue weighted by atomic mass is 9.89. The van der Waals surface area contributed by atoms with Gasteiger partial charge in [0.15, 0.2) is 5.58 Å². The van der Waals surface area contributed by atoms with Crippen LogP contribution >= 0.6 is 0 Å². The number of nitrogens with one attached hydrogen (secondary N) is 1. The summed E-state index contributed by atoms with van der Waals surface area (Å²) < 4.78 is 5.05. The average molecular weight is 289 g/mol. The number of nitrogen functional groups attached to an aromatic ring is 1. The molecule has 1 aromatic heterocycles. The molecule has 0 radical (unpaired) electrons. The largest absolute Gasteiger partial charge is 0.417 e. The van der Waals surface area contributed by atoms with Gasteiger partial charge in [-0.3, -0.25) is 4.98 Å². The smallest absolute Gasteiger partial charge is 0.408 e. The molecule has 114 valence electrons. The summed E-state index contributed by atoms with van der Waals surface area (Å²) in [6, 6.07) is 3.68. The van der Waals surface area contributed by atoms with Gasteiger partial charge in [0.1, 0.15) is 0 Å². The number of anilines is 2. The van der Waals surface area contributed by atoms with E-state index in [1.165, 1.54) is 19.3 Å². The molecule has 1 aliphatic heterocycles. The molecule has 0 spiro atoms. The fraction of sp³-hybridized carbons (Fsp3) is 0.562. The van der Waals surface area contributed by atoms with Gasteiger partial charge >= 0.3 is 5.76 Å². The number of nitrogens with two attached hydrogens (primary N) is 1. The fourth-order valence-corrected chi connectivity index (χ4v) is 3.31. The number of aromatic amines is 1. The number of rotatable bonds is 2. The second kappa shape index (κ2) is 5.47. The Morgan fingerprint density at radius 1 is 1.33 bits per heavy atom. The summed E-state index contributed by atoms with van der Waals surface area (Å²) in [5.41, 5.74) is 9.07. The van der Waals surface area contributed by atoms with E-state index in [1.54, 1.807) is 6.07 Å². The molecule has 0 amide bonds. The van der Waals surface area contributed by atoms with E-state index in [0.29, 0.717) is 16.8 Å². The first-order valence-corrected chi connectivity index (χ1v) is 7.72. The van der Waals surface area contributed by atoms with Crippen LogP contribution in [0.2, 0.25) is 0 Å². The van der Waals surface area contributed by atoms with Gasteiger partial charge < -0.3 is 15.1 Å². The lowest BCUT2D eigenvalue weighted by molar-refractivity contribution is 0.351. The second-order valence-electron chi connectivity index (χ2n) is 6.34. The number of oxazole rings is 1. The number of hydrogen-bond acceptors (Lipinski definition) is 4. The molecule has 1 unspecified atom stereocenters. The van der Waals surface area contributed by atoms with Crippen LogP contribution in [0.15, 0.2) is 21.3 Å². The Kier molecular flexibility index (Phi) is 3.66. The van der Waals surface area contributed by atoms with Crippen LogP contribution in [0.5, 0.6) is 0 Å². The van der Waals surface area contributed by atoms with Gasteiger partial charge in [-0.05, 0) is 37.2 Å². The third-order valence-electron chi connectivity index (χ3n) is 4.62. The third kappa shape index (κ3) is 2.77. The van der Waals surface area contributed by atoms with Crippen molar-refractivity contribution in [3.05, 3.63) is 22.7 Å². The highest BCUT2D eigenvalue weighted by molar-refractivity contribution is 5.85. The highest BCUT2D eigenvalue weighted by Crippen LogP contribution is 2.32. The normalized spacial score (nSPS) is 20.1. The van der Waals surface area contributed by atoms with Crippen LogP contribution in [0.25, 0.3) is 11.1 Å². The molecule has 1 atom stereocenters. The molecule has 0 saturated carbocycles. The van der Waals surface area contributed by atoms with E-state index in [4.69, 9.17) is 10.2 Å². The van der Waals surface area contributed by atoms with Crippen LogP contribution in [-0.4, -0.2) is 18.1 Å². The molecule has 1 fully saturated rings. The Balaban J connectivity index is 1.89. The van der Waals surface area contributed by atoms with Crippen LogP contribution < -0.4 is 16.4 Å². The number of fused-ring (bicyclic) bond motifs is 1. The van der Waals surface area contributed by atoms with E-state index in [1.807, 2.05) is 6.07 Å². The molecule has 21 heavy (non-hydrogen) atoms. The molecule has 5 nitrogen and oxygen atoms in total. The number of aromatic nitrogens is 1. The van der Waals surface area contributed by atoms with Crippen molar-refractivity contribution in [2.75, 3.05) is 23.7 Å². The molecule has 2 aromatic rings. The monoisotopic (exact) mass is 289 g/mol. The van der Waals surface area contributed by atoms with Gasteiger partial charge in [-0.25, -0.2) is 4.79 Å². The summed E-state index contributed by atoms with van der Waals surface area (Å²) in [7, 11) is 0. The van der Waals surface area contributed by atoms with E-state index in [0.717, 1.165) is 30.6 Å². The summed E-state index contributed by atoms with van der Waals surface area (Å²) in [5, 5.41) is 0. The standard InChI is InChI=1S/C16H23N3O2/c1-10(2)11-4-3-6-19(7-5-11)14-9-13-15(8-12(14)17)21-16(20)18-13/h8-11H,3-7,17H2,1-2H3,(H,18,20). The quantitative estimate of drug-likeness (QED) is 0.833. The van der Waals surface area contributed by atoms with Crippen LogP contribution in [0.1, 0.15) is 33.1 Å². The Labute approximate surface area is 124 Å².